The SMILES string of the molecule is CC(CCCC(C)(c1ccc(O)cc1)c1cccc(O)c1)(c1ccc(O)cc1)c1ccc(O)cc1. The quantitative estimate of drug-likeness (QED) is 0.225. The Labute approximate surface area is 206 Å². The van der Waals surface area contributed by atoms with Crippen LogP contribution >= 0.6 is 0 Å². The van der Waals surface area contributed by atoms with Gasteiger partial charge in [0, 0.05) is 10.8 Å². The first kappa shape index (κ1) is 24.2. The topological polar surface area (TPSA) is 80.9 Å². The molecule has 4 heteroatoms. The maximum absolute atomic E-state index is 10.2. The van der Waals surface area contributed by atoms with Crippen LogP contribution in [0.1, 0.15) is 55.4 Å². The van der Waals surface area contributed by atoms with Crippen LogP contribution in [-0.4, -0.2) is 20.4 Å². The van der Waals surface area contributed by atoms with Crippen LogP contribution < -0.4 is 0 Å². The molecule has 0 spiro atoms. The maximum atomic E-state index is 10.2. The van der Waals surface area contributed by atoms with E-state index < -0.39 is 0 Å². The Kier molecular flexibility index (Phi) is 6.74. The number of rotatable bonds is 8. The molecular formula is C31H32O4. The highest BCUT2D eigenvalue weighted by Crippen LogP contribution is 2.43. The minimum Gasteiger partial charge on any atom is -0.508 e. The molecule has 0 radical (unpaired) electrons. The van der Waals surface area contributed by atoms with Crippen LogP contribution in [0.5, 0.6) is 23.0 Å². The zero-order valence-corrected chi connectivity index (χ0v) is 20.1. The van der Waals surface area contributed by atoms with Crippen molar-refractivity contribution in [2.75, 3.05) is 0 Å². The van der Waals surface area contributed by atoms with Crippen LogP contribution in [0.25, 0.3) is 0 Å². The molecule has 0 aromatic heterocycles. The molecule has 0 heterocycles. The molecule has 1 unspecified atom stereocenters. The van der Waals surface area contributed by atoms with Gasteiger partial charge < -0.3 is 20.4 Å². The lowest BCUT2D eigenvalue weighted by Gasteiger charge is -2.35. The van der Waals surface area contributed by atoms with Gasteiger partial charge in [0.1, 0.15) is 23.0 Å². The van der Waals surface area contributed by atoms with E-state index in [-0.39, 0.29) is 33.8 Å². The van der Waals surface area contributed by atoms with Gasteiger partial charge in [0.15, 0.2) is 0 Å². The van der Waals surface area contributed by atoms with Crippen molar-refractivity contribution in [2.24, 2.45) is 0 Å². The average Bonchev–Trinajstić information content (AvgIpc) is 2.85. The van der Waals surface area contributed by atoms with Gasteiger partial charge in [-0.3, -0.25) is 0 Å². The van der Waals surface area contributed by atoms with E-state index in [0.717, 1.165) is 41.5 Å². The molecule has 0 fully saturated rings. The molecule has 0 aliphatic carbocycles. The molecule has 4 N–H and O–H groups in total. The van der Waals surface area contributed by atoms with Crippen LogP contribution in [0.2, 0.25) is 0 Å². The summed E-state index contributed by atoms with van der Waals surface area (Å²) in [5, 5.41) is 39.7. The van der Waals surface area contributed by atoms with Crippen LogP contribution in [0, 0.1) is 0 Å². The average molecular weight is 469 g/mol. The van der Waals surface area contributed by atoms with Crippen molar-refractivity contribution >= 4 is 0 Å². The normalized spacial score (nSPS) is 13.3. The number of hydrogen-bond donors (Lipinski definition) is 4. The first-order chi connectivity index (χ1) is 16.7. The lowest BCUT2D eigenvalue weighted by molar-refractivity contribution is 0.420. The Morgan fingerprint density at radius 2 is 0.829 bits per heavy atom. The van der Waals surface area contributed by atoms with Gasteiger partial charge in [-0.05, 0) is 83.6 Å². The van der Waals surface area contributed by atoms with Gasteiger partial charge in [-0.25, -0.2) is 0 Å². The third kappa shape index (κ3) is 5.12. The van der Waals surface area contributed by atoms with Crippen molar-refractivity contribution in [3.63, 3.8) is 0 Å². The van der Waals surface area contributed by atoms with E-state index >= 15 is 0 Å². The highest BCUT2D eigenvalue weighted by atomic mass is 16.3. The summed E-state index contributed by atoms with van der Waals surface area (Å²) in [6.45, 7) is 4.37. The van der Waals surface area contributed by atoms with E-state index in [2.05, 4.69) is 13.8 Å². The Morgan fingerprint density at radius 3 is 1.20 bits per heavy atom. The third-order valence-corrected chi connectivity index (χ3v) is 7.35. The lowest BCUT2D eigenvalue weighted by Crippen LogP contribution is -2.27. The summed E-state index contributed by atoms with van der Waals surface area (Å²) in [7, 11) is 0. The van der Waals surface area contributed by atoms with Crippen LogP contribution in [0.15, 0.2) is 97.1 Å². The van der Waals surface area contributed by atoms with E-state index in [1.807, 2.05) is 54.6 Å². The van der Waals surface area contributed by atoms with E-state index in [1.54, 1.807) is 42.5 Å². The smallest absolute Gasteiger partial charge is 0.115 e. The summed E-state index contributed by atoms with van der Waals surface area (Å²) in [5.74, 6) is 0.904. The van der Waals surface area contributed by atoms with Gasteiger partial charge in [0.05, 0.1) is 0 Å². The number of phenolic OH excluding ortho intramolecular Hbond substituents is 4. The second kappa shape index (κ2) is 9.75. The maximum Gasteiger partial charge on any atom is 0.115 e. The minimum atomic E-state index is -0.378. The molecular weight excluding hydrogens is 436 g/mol. The first-order valence-corrected chi connectivity index (χ1v) is 11.9. The van der Waals surface area contributed by atoms with Gasteiger partial charge in [0.25, 0.3) is 0 Å². The molecule has 0 amide bonds. The minimum absolute atomic E-state index is 0.222. The van der Waals surface area contributed by atoms with E-state index in [0.29, 0.717) is 0 Å². The van der Waals surface area contributed by atoms with Crippen LogP contribution in [0.4, 0.5) is 0 Å². The second-order valence-corrected chi connectivity index (χ2v) is 9.71. The van der Waals surface area contributed by atoms with Crippen molar-refractivity contribution in [1.82, 2.24) is 0 Å². The van der Waals surface area contributed by atoms with E-state index in [1.165, 1.54) is 0 Å². The van der Waals surface area contributed by atoms with Crippen LogP contribution in [0.3, 0.4) is 0 Å². The van der Waals surface area contributed by atoms with Gasteiger partial charge >= 0.3 is 0 Å². The lowest BCUT2D eigenvalue weighted by atomic mass is 9.68. The molecule has 0 bridgehead atoms. The number of phenols is 4. The largest absolute Gasteiger partial charge is 0.508 e. The zero-order chi connectivity index (χ0) is 25.1. The Morgan fingerprint density at radius 1 is 0.457 bits per heavy atom. The monoisotopic (exact) mass is 468 g/mol. The molecule has 1 atom stereocenters. The molecule has 4 rings (SSSR count). The summed E-state index contributed by atoms with van der Waals surface area (Å²) < 4.78 is 0. The Bertz CT molecular complexity index is 1220. The van der Waals surface area contributed by atoms with Gasteiger partial charge in [-0.2, -0.15) is 0 Å². The molecule has 35 heavy (non-hydrogen) atoms. The van der Waals surface area contributed by atoms with Crippen molar-refractivity contribution in [3.05, 3.63) is 119 Å². The standard InChI is InChI=1S/C31H32O4/c1-30(22-7-13-26(32)14-8-22,23-9-15-27(33)16-10-23)19-4-20-31(2,24-11-17-28(34)18-12-24)25-5-3-6-29(35)21-25/h3,5-18,21,32-35H,4,19-20H2,1-2H3. The number of hydrogen-bond acceptors (Lipinski definition) is 4. The summed E-state index contributed by atoms with van der Waals surface area (Å²) >= 11 is 0. The molecule has 0 saturated heterocycles. The van der Waals surface area contributed by atoms with Gasteiger partial charge in [0.2, 0.25) is 0 Å². The fraction of sp³-hybridized carbons (Fsp3) is 0.226. The molecule has 0 aliphatic rings. The molecule has 0 saturated carbocycles. The molecule has 4 aromatic rings. The van der Waals surface area contributed by atoms with E-state index in [4.69, 9.17) is 0 Å². The molecule has 4 aromatic carbocycles. The summed E-state index contributed by atoms with van der Waals surface area (Å²) in [6.07, 6.45) is 2.51. The summed E-state index contributed by atoms with van der Waals surface area (Å²) in [4.78, 5) is 0. The van der Waals surface area contributed by atoms with E-state index in [9.17, 15) is 20.4 Å². The second-order valence-electron chi connectivity index (χ2n) is 9.71. The van der Waals surface area contributed by atoms with Gasteiger partial charge in [-0.1, -0.05) is 68.8 Å². The Hall–Kier alpha value is -3.92. The highest BCUT2D eigenvalue weighted by Gasteiger charge is 2.33. The van der Waals surface area contributed by atoms with Crippen molar-refractivity contribution in [2.45, 2.75) is 43.9 Å². The highest BCUT2D eigenvalue weighted by molar-refractivity contribution is 5.44. The predicted molar refractivity (Wildman–Crippen MR) is 139 cm³/mol. The fourth-order valence-electron chi connectivity index (χ4n) is 5.04. The predicted octanol–water partition coefficient (Wildman–Crippen LogP) is 6.99. The Balaban J connectivity index is 1.68. The molecule has 4 nitrogen and oxygen atoms in total. The summed E-state index contributed by atoms with van der Waals surface area (Å²) in [5.41, 5.74) is 3.54. The van der Waals surface area contributed by atoms with Gasteiger partial charge in [-0.15, -0.1) is 0 Å². The third-order valence-electron chi connectivity index (χ3n) is 7.35. The number of benzene rings is 4. The fourth-order valence-corrected chi connectivity index (χ4v) is 5.04. The van der Waals surface area contributed by atoms with Crippen LogP contribution in [-0.2, 0) is 10.8 Å². The van der Waals surface area contributed by atoms with Crippen molar-refractivity contribution < 1.29 is 20.4 Å². The number of aromatic hydroxyl groups is 4. The first-order valence-electron chi connectivity index (χ1n) is 11.9. The zero-order valence-electron chi connectivity index (χ0n) is 20.1. The summed E-state index contributed by atoms with van der Waals surface area (Å²) in [6, 6.07) is 29.3. The van der Waals surface area contributed by atoms with Crippen molar-refractivity contribution in [3.8, 4) is 23.0 Å². The van der Waals surface area contributed by atoms with Crippen molar-refractivity contribution in [1.29, 1.82) is 0 Å². The molecule has 180 valence electrons. The molecule has 0 aliphatic heterocycles.